The number of amides is 1. The number of hydrogen-bond acceptors (Lipinski definition) is 9. The number of hydrogen-bond donors (Lipinski definition) is 1. The number of thiophene rings is 1. The molecule has 1 amide bonds. The molecule has 152 valence electrons. The van der Waals surface area contributed by atoms with E-state index < -0.39 is 20.7 Å². The Labute approximate surface area is 174 Å². The molecule has 0 saturated carbocycles. The summed E-state index contributed by atoms with van der Waals surface area (Å²) < 4.78 is 29.7. The van der Waals surface area contributed by atoms with Crippen molar-refractivity contribution in [2.75, 3.05) is 18.2 Å². The molecule has 0 saturated heterocycles. The fourth-order valence-corrected chi connectivity index (χ4v) is 5.17. The van der Waals surface area contributed by atoms with Crippen LogP contribution >= 0.6 is 22.7 Å². The van der Waals surface area contributed by atoms with Crippen molar-refractivity contribution in [1.29, 1.82) is 0 Å². The molecule has 0 atom stereocenters. The lowest BCUT2D eigenvalue weighted by molar-refractivity contribution is -0.384. The van der Waals surface area contributed by atoms with E-state index in [0.717, 1.165) is 11.3 Å². The molecule has 3 rings (SSSR count). The van der Waals surface area contributed by atoms with Gasteiger partial charge in [0.15, 0.2) is 15.0 Å². The van der Waals surface area contributed by atoms with E-state index in [1.165, 1.54) is 42.0 Å². The molecule has 0 fully saturated rings. The van der Waals surface area contributed by atoms with Crippen molar-refractivity contribution >= 4 is 49.2 Å². The molecular weight excluding hydrogens is 438 g/mol. The van der Waals surface area contributed by atoms with Crippen LogP contribution in [0.1, 0.15) is 6.42 Å². The van der Waals surface area contributed by atoms with E-state index >= 15 is 0 Å². The van der Waals surface area contributed by atoms with Crippen LogP contribution < -0.4 is 10.1 Å². The van der Waals surface area contributed by atoms with Gasteiger partial charge >= 0.3 is 0 Å². The first-order chi connectivity index (χ1) is 13.8. The van der Waals surface area contributed by atoms with Crippen LogP contribution in [0.5, 0.6) is 5.75 Å². The predicted octanol–water partition coefficient (Wildman–Crippen LogP) is 3.59. The first-order valence-electron chi connectivity index (χ1n) is 8.14. The number of carbonyl (C=O) groups excluding carboxylic acids is 1. The second-order valence-electron chi connectivity index (χ2n) is 5.76. The number of benzene rings is 1. The van der Waals surface area contributed by atoms with Crippen molar-refractivity contribution in [3.05, 3.63) is 51.2 Å². The van der Waals surface area contributed by atoms with Crippen molar-refractivity contribution in [2.45, 2.75) is 11.3 Å². The van der Waals surface area contributed by atoms with Crippen LogP contribution in [0, 0.1) is 10.1 Å². The molecule has 0 aliphatic heterocycles. The fourth-order valence-electron chi connectivity index (χ4n) is 2.31. The predicted molar refractivity (Wildman–Crippen MR) is 110 cm³/mol. The molecule has 3 aromatic rings. The summed E-state index contributed by atoms with van der Waals surface area (Å²) in [7, 11) is -2.13. The lowest BCUT2D eigenvalue weighted by atomic mass is 10.3. The van der Waals surface area contributed by atoms with E-state index in [1.54, 1.807) is 17.5 Å². The summed E-state index contributed by atoms with van der Waals surface area (Å²) in [6, 6.07) is 7.35. The van der Waals surface area contributed by atoms with E-state index in [4.69, 9.17) is 4.74 Å². The molecule has 0 radical (unpaired) electrons. The number of sulfone groups is 1. The zero-order valence-corrected chi connectivity index (χ0v) is 17.5. The van der Waals surface area contributed by atoms with Gasteiger partial charge in [-0.15, -0.1) is 22.7 Å². The third-order valence-electron chi connectivity index (χ3n) is 3.82. The summed E-state index contributed by atoms with van der Waals surface area (Å²) in [4.78, 5) is 27.3. The SMILES string of the molecule is COc1ccc(S(=O)(=O)CCC(=O)Nc2nc(-c3cc([N+](=O)[O-])cs3)cs2)cc1. The second-order valence-corrected chi connectivity index (χ2v) is 9.64. The molecule has 0 bridgehead atoms. The molecular formula is C17H15N3O6S3. The molecule has 1 aromatic carbocycles. The van der Waals surface area contributed by atoms with Gasteiger partial charge in [0.2, 0.25) is 5.91 Å². The van der Waals surface area contributed by atoms with Gasteiger partial charge in [-0.3, -0.25) is 14.9 Å². The smallest absolute Gasteiger partial charge is 0.280 e. The topological polar surface area (TPSA) is 128 Å². The maximum atomic E-state index is 12.3. The number of carbonyl (C=O) groups is 1. The Morgan fingerprint density at radius 2 is 1.97 bits per heavy atom. The number of nitrogens with one attached hydrogen (secondary N) is 1. The van der Waals surface area contributed by atoms with Crippen LogP contribution in [0.4, 0.5) is 10.8 Å². The molecule has 1 N–H and O–H groups in total. The molecule has 0 aliphatic carbocycles. The minimum absolute atomic E-state index is 0.0210. The summed E-state index contributed by atoms with van der Waals surface area (Å²) in [5.41, 5.74) is 0.488. The number of rotatable bonds is 8. The minimum atomic E-state index is -3.61. The third-order valence-corrected chi connectivity index (χ3v) is 7.25. The summed E-state index contributed by atoms with van der Waals surface area (Å²) in [5, 5.41) is 16.7. The maximum absolute atomic E-state index is 12.3. The van der Waals surface area contributed by atoms with E-state index in [0.29, 0.717) is 21.5 Å². The van der Waals surface area contributed by atoms with Gasteiger partial charge in [-0.1, -0.05) is 0 Å². The normalized spacial score (nSPS) is 11.2. The Hall–Kier alpha value is -2.83. The highest BCUT2D eigenvalue weighted by Crippen LogP contribution is 2.32. The molecule has 9 nitrogen and oxygen atoms in total. The number of aromatic nitrogens is 1. The zero-order chi connectivity index (χ0) is 21.0. The van der Waals surface area contributed by atoms with E-state index in [2.05, 4.69) is 10.3 Å². The third kappa shape index (κ3) is 5.16. The largest absolute Gasteiger partial charge is 0.497 e. The lowest BCUT2D eigenvalue weighted by Crippen LogP contribution is -2.17. The average molecular weight is 454 g/mol. The number of nitrogens with zero attached hydrogens (tertiary/aromatic N) is 2. The van der Waals surface area contributed by atoms with Crippen LogP contribution in [-0.4, -0.2) is 37.1 Å². The molecule has 0 unspecified atom stereocenters. The highest BCUT2D eigenvalue weighted by molar-refractivity contribution is 7.91. The van der Waals surface area contributed by atoms with Crippen LogP contribution in [0.2, 0.25) is 0 Å². The summed E-state index contributed by atoms with van der Waals surface area (Å²) in [6.07, 6.45) is -0.228. The Morgan fingerprint density at radius 1 is 1.24 bits per heavy atom. The van der Waals surface area contributed by atoms with E-state index in [1.807, 2.05) is 0 Å². The summed E-state index contributed by atoms with van der Waals surface area (Å²) in [5.74, 6) is -0.293. The number of methoxy groups -OCH3 is 1. The standard InChI is InChI=1S/C17H15N3O6S3/c1-26-12-2-4-13(5-3-12)29(24,25)7-6-16(21)19-17-18-14(10-28-17)15-8-11(9-27-15)20(22)23/h2-5,8-10H,6-7H2,1H3,(H,18,19,21). The highest BCUT2D eigenvalue weighted by Gasteiger charge is 2.18. The van der Waals surface area contributed by atoms with Gasteiger partial charge in [0.1, 0.15) is 5.75 Å². The van der Waals surface area contributed by atoms with Gasteiger partial charge in [-0.25, -0.2) is 13.4 Å². The van der Waals surface area contributed by atoms with Crippen molar-refractivity contribution in [1.82, 2.24) is 4.98 Å². The van der Waals surface area contributed by atoms with Crippen molar-refractivity contribution < 1.29 is 22.9 Å². The molecule has 2 aromatic heterocycles. The molecule has 12 heteroatoms. The Morgan fingerprint density at radius 3 is 2.59 bits per heavy atom. The van der Waals surface area contributed by atoms with Gasteiger partial charge < -0.3 is 10.1 Å². The lowest BCUT2D eigenvalue weighted by Gasteiger charge is -2.06. The average Bonchev–Trinajstić information content (AvgIpc) is 3.36. The van der Waals surface area contributed by atoms with Gasteiger partial charge in [0.05, 0.1) is 38.6 Å². The van der Waals surface area contributed by atoms with Crippen molar-refractivity contribution in [2.24, 2.45) is 0 Å². The quantitative estimate of drug-likeness (QED) is 0.408. The number of thiazole rings is 1. The molecule has 0 aliphatic rings. The van der Waals surface area contributed by atoms with Crippen LogP contribution in [0.3, 0.4) is 0 Å². The minimum Gasteiger partial charge on any atom is -0.497 e. The highest BCUT2D eigenvalue weighted by atomic mass is 32.2. The zero-order valence-electron chi connectivity index (χ0n) is 15.0. The summed E-state index contributed by atoms with van der Waals surface area (Å²) >= 11 is 2.33. The van der Waals surface area contributed by atoms with Crippen LogP contribution in [0.15, 0.2) is 46.0 Å². The van der Waals surface area contributed by atoms with Crippen LogP contribution in [-0.2, 0) is 14.6 Å². The Balaban J connectivity index is 1.59. The fraction of sp³-hybridized carbons (Fsp3) is 0.176. The molecule has 29 heavy (non-hydrogen) atoms. The first kappa shape index (κ1) is 20.9. The van der Waals surface area contributed by atoms with Gasteiger partial charge in [-0.05, 0) is 24.3 Å². The Kier molecular flexibility index (Phi) is 6.25. The van der Waals surface area contributed by atoms with Gasteiger partial charge in [-0.2, -0.15) is 0 Å². The molecule has 0 spiro atoms. The number of anilines is 1. The van der Waals surface area contributed by atoms with E-state index in [-0.39, 0.29) is 22.8 Å². The first-order valence-corrected chi connectivity index (χ1v) is 11.5. The monoisotopic (exact) mass is 453 g/mol. The van der Waals surface area contributed by atoms with E-state index in [9.17, 15) is 23.3 Å². The van der Waals surface area contributed by atoms with Crippen molar-refractivity contribution in [3.8, 4) is 16.3 Å². The second kappa shape index (κ2) is 8.68. The number of nitro groups is 1. The van der Waals surface area contributed by atoms with Crippen molar-refractivity contribution in [3.63, 3.8) is 0 Å². The number of ether oxygens (including phenoxy) is 1. The Bertz CT molecular complexity index is 1140. The van der Waals surface area contributed by atoms with Gasteiger partial charge in [0, 0.05) is 17.9 Å². The molecule has 2 heterocycles. The van der Waals surface area contributed by atoms with Gasteiger partial charge in [0.25, 0.3) is 5.69 Å². The maximum Gasteiger partial charge on any atom is 0.280 e. The van der Waals surface area contributed by atoms with Crippen LogP contribution in [0.25, 0.3) is 10.6 Å². The summed E-state index contributed by atoms with van der Waals surface area (Å²) in [6.45, 7) is 0.